The molecular formula is C19H26N4O2S2. The first kappa shape index (κ1) is 19.7. The summed E-state index contributed by atoms with van der Waals surface area (Å²) in [6.07, 6.45) is 0. The van der Waals surface area contributed by atoms with E-state index in [-0.39, 0.29) is 12.3 Å². The fraction of sp³-hybridized carbons (Fsp3) is 0.421. The molecule has 1 aromatic heterocycles. The van der Waals surface area contributed by atoms with Crippen molar-refractivity contribution >= 4 is 32.1 Å². The lowest BCUT2D eigenvalue weighted by Crippen LogP contribution is -2.52. The van der Waals surface area contributed by atoms with E-state index in [0.29, 0.717) is 4.90 Å². The standard InChI is InChI=1S/C19H26N4O2S2/c1-2-20-19(21-10-16-27(24,25)17-7-4-3-5-8-17)23-13-11-22(12-14-23)18-9-6-15-26-18/h3-9,15H,2,10-14,16H2,1H3,(H,20,21). The van der Waals surface area contributed by atoms with Gasteiger partial charge in [0.05, 0.1) is 22.2 Å². The lowest BCUT2D eigenvalue weighted by atomic mass is 10.3. The van der Waals surface area contributed by atoms with Crippen molar-refractivity contribution in [3.63, 3.8) is 0 Å². The van der Waals surface area contributed by atoms with E-state index in [0.717, 1.165) is 38.7 Å². The minimum atomic E-state index is -3.30. The van der Waals surface area contributed by atoms with E-state index in [1.165, 1.54) is 5.00 Å². The number of hydrogen-bond acceptors (Lipinski definition) is 5. The quantitative estimate of drug-likeness (QED) is 0.589. The van der Waals surface area contributed by atoms with Crippen LogP contribution in [0.15, 0.2) is 57.7 Å². The van der Waals surface area contributed by atoms with Crippen molar-refractivity contribution in [2.75, 3.05) is 49.9 Å². The molecule has 0 atom stereocenters. The summed E-state index contributed by atoms with van der Waals surface area (Å²) in [4.78, 5) is 9.52. The lowest BCUT2D eigenvalue weighted by Gasteiger charge is -2.37. The molecule has 0 aliphatic carbocycles. The van der Waals surface area contributed by atoms with E-state index in [2.05, 4.69) is 37.6 Å². The van der Waals surface area contributed by atoms with Crippen molar-refractivity contribution in [1.29, 1.82) is 0 Å². The highest BCUT2D eigenvalue weighted by molar-refractivity contribution is 7.91. The molecule has 2 heterocycles. The molecule has 1 aliphatic heterocycles. The van der Waals surface area contributed by atoms with E-state index in [1.807, 2.05) is 13.0 Å². The second kappa shape index (κ2) is 9.23. The molecule has 27 heavy (non-hydrogen) atoms. The minimum absolute atomic E-state index is 0.0149. The highest BCUT2D eigenvalue weighted by atomic mass is 32.2. The van der Waals surface area contributed by atoms with Crippen molar-refractivity contribution in [1.82, 2.24) is 10.2 Å². The SMILES string of the molecule is CCNC(=NCCS(=O)(=O)c1ccccc1)N1CCN(c2cccs2)CC1. The number of aliphatic imine (C=N–C) groups is 1. The number of nitrogens with one attached hydrogen (secondary N) is 1. The summed E-state index contributed by atoms with van der Waals surface area (Å²) in [6.45, 7) is 6.66. The smallest absolute Gasteiger partial charge is 0.194 e. The summed E-state index contributed by atoms with van der Waals surface area (Å²) in [5, 5.41) is 6.69. The molecule has 1 aliphatic rings. The average Bonchev–Trinajstić information content (AvgIpc) is 3.23. The fourth-order valence-electron chi connectivity index (χ4n) is 3.03. The first-order valence-electron chi connectivity index (χ1n) is 9.19. The third kappa shape index (κ3) is 5.23. The van der Waals surface area contributed by atoms with Gasteiger partial charge in [-0.25, -0.2) is 8.42 Å². The van der Waals surface area contributed by atoms with Crippen molar-refractivity contribution in [3.05, 3.63) is 47.8 Å². The molecular weight excluding hydrogens is 380 g/mol. The van der Waals surface area contributed by atoms with Crippen LogP contribution < -0.4 is 10.2 Å². The average molecular weight is 407 g/mol. The van der Waals surface area contributed by atoms with Crippen LogP contribution in [-0.2, 0) is 9.84 Å². The summed E-state index contributed by atoms with van der Waals surface area (Å²) < 4.78 is 24.8. The summed E-state index contributed by atoms with van der Waals surface area (Å²) in [5.41, 5.74) is 0. The normalized spacial score (nSPS) is 15.8. The van der Waals surface area contributed by atoms with Crippen LogP contribution in [0.5, 0.6) is 0 Å². The Morgan fingerprint density at radius 3 is 2.48 bits per heavy atom. The van der Waals surface area contributed by atoms with Crippen molar-refractivity contribution in [2.24, 2.45) is 4.99 Å². The number of hydrogen-bond donors (Lipinski definition) is 1. The molecule has 1 aromatic carbocycles. The second-order valence-electron chi connectivity index (χ2n) is 6.29. The van der Waals surface area contributed by atoms with Gasteiger partial charge in [-0.3, -0.25) is 4.99 Å². The number of sulfone groups is 1. The first-order chi connectivity index (χ1) is 13.1. The molecule has 0 radical (unpaired) electrons. The fourth-order valence-corrected chi connectivity index (χ4v) is 4.96. The highest BCUT2D eigenvalue weighted by Crippen LogP contribution is 2.22. The molecule has 1 N–H and O–H groups in total. The van der Waals surface area contributed by atoms with Gasteiger partial charge in [-0.15, -0.1) is 11.3 Å². The Kier molecular flexibility index (Phi) is 6.73. The largest absolute Gasteiger partial charge is 0.360 e. The zero-order valence-electron chi connectivity index (χ0n) is 15.5. The van der Waals surface area contributed by atoms with Gasteiger partial charge in [0.25, 0.3) is 0 Å². The van der Waals surface area contributed by atoms with Gasteiger partial charge in [-0.2, -0.15) is 0 Å². The molecule has 2 aromatic rings. The summed E-state index contributed by atoms with van der Waals surface area (Å²) in [5.74, 6) is 0.813. The molecule has 146 valence electrons. The maximum absolute atomic E-state index is 12.4. The molecule has 0 bridgehead atoms. The molecule has 0 spiro atoms. The third-order valence-electron chi connectivity index (χ3n) is 4.46. The number of benzene rings is 1. The Balaban J connectivity index is 1.58. The van der Waals surface area contributed by atoms with Crippen molar-refractivity contribution in [3.8, 4) is 0 Å². The Bertz CT molecular complexity index is 828. The van der Waals surface area contributed by atoms with Crippen LogP contribution in [0.2, 0.25) is 0 Å². The van der Waals surface area contributed by atoms with Crippen molar-refractivity contribution < 1.29 is 8.42 Å². The lowest BCUT2D eigenvalue weighted by molar-refractivity contribution is 0.374. The predicted molar refractivity (Wildman–Crippen MR) is 113 cm³/mol. The molecule has 3 rings (SSSR count). The van der Waals surface area contributed by atoms with E-state index in [4.69, 9.17) is 0 Å². The van der Waals surface area contributed by atoms with Gasteiger partial charge in [-0.05, 0) is 36.6 Å². The topological polar surface area (TPSA) is 65.0 Å². The van der Waals surface area contributed by atoms with E-state index in [9.17, 15) is 8.42 Å². The Morgan fingerprint density at radius 1 is 1.11 bits per heavy atom. The van der Waals surface area contributed by atoms with Gasteiger partial charge in [0.15, 0.2) is 15.8 Å². The van der Waals surface area contributed by atoms with Gasteiger partial charge >= 0.3 is 0 Å². The zero-order chi connectivity index (χ0) is 19.1. The first-order valence-corrected chi connectivity index (χ1v) is 11.7. The van der Waals surface area contributed by atoms with Gasteiger partial charge in [0.2, 0.25) is 0 Å². The number of rotatable bonds is 6. The van der Waals surface area contributed by atoms with Crippen LogP contribution in [0.3, 0.4) is 0 Å². The Labute approximate surface area is 165 Å². The van der Waals surface area contributed by atoms with Gasteiger partial charge in [0.1, 0.15) is 0 Å². The van der Waals surface area contributed by atoms with E-state index >= 15 is 0 Å². The van der Waals surface area contributed by atoms with Crippen molar-refractivity contribution in [2.45, 2.75) is 11.8 Å². The van der Waals surface area contributed by atoms with Crippen LogP contribution in [0.25, 0.3) is 0 Å². The maximum Gasteiger partial charge on any atom is 0.194 e. The zero-order valence-corrected chi connectivity index (χ0v) is 17.2. The summed E-state index contributed by atoms with van der Waals surface area (Å²) in [6, 6.07) is 12.8. The molecule has 0 unspecified atom stereocenters. The summed E-state index contributed by atoms with van der Waals surface area (Å²) in [7, 11) is -3.30. The molecule has 1 saturated heterocycles. The number of guanidine groups is 1. The van der Waals surface area contributed by atoms with Crippen LogP contribution >= 0.6 is 11.3 Å². The summed E-state index contributed by atoms with van der Waals surface area (Å²) >= 11 is 1.76. The maximum atomic E-state index is 12.4. The number of anilines is 1. The Hall–Kier alpha value is -2.06. The second-order valence-corrected chi connectivity index (χ2v) is 9.33. The third-order valence-corrected chi connectivity index (χ3v) is 7.10. The monoisotopic (exact) mass is 406 g/mol. The van der Waals surface area contributed by atoms with Crippen LogP contribution in [0.4, 0.5) is 5.00 Å². The van der Waals surface area contributed by atoms with Gasteiger partial charge in [0, 0.05) is 32.7 Å². The predicted octanol–water partition coefficient (Wildman–Crippen LogP) is 2.31. The van der Waals surface area contributed by atoms with Gasteiger partial charge < -0.3 is 15.1 Å². The molecule has 1 fully saturated rings. The van der Waals surface area contributed by atoms with Crippen LogP contribution in [0.1, 0.15) is 6.92 Å². The Morgan fingerprint density at radius 2 is 1.85 bits per heavy atom. The highest BCUT2D eigenvalue weighted by Gasteiger charge is 2.20. The molecule has 8 heteroatoms. The molecule has 0 saturated carbocycles. The molecule has 0 amide bonds. The van der Waals surface area contributed by atoms with Gasteiger partial charge in [-0.1, -0.05) is 18.2 Å². The minimum Gasteiger partial charge on any atom is -0.360 e. The van der Waals surface area contributed by atoms with Crippen LogP contribution in [-0.4, -0.2) is 64.3 Å². The number of nitrogens with zero attached hydrogens (tertiary/aromatic N) is 3. The number of piperazine rings is 1. The number of thiophene rings is 1. The van der Waals surface area contributed by atoms with Crippen LogP contribution in [0, 0.1) is 0 Å². The molecule has 6 nitrogen and oxygen atoms in total. The van der Waals surface area contributed by atoms with E-state index in [1.54, 1.807) is 35.6 Å². The van der Waals surface area contributed by atoms with E-state index < -0.39 is 9.84 Å².